The number of nitriles is 1. The van der Waals surface area contributed by atoms with Crippen LogP contribution in [0.15, 0.2) is 6.07 Å². The first-order chi connectivity index (χ1) is 5.45. The third kappa shape index (κ3) is 1.39. The van der Waals surface area contributed by atoms with Gasteiger partial charge in [-0.15, -0.1) is 0 Å². The molecule has 12 heavy (non-hydrogen) atoms. The molecule has 6 heteroatoms. The lowest BCUT2D eigenvalue weighted by atomic mass is 10.3. The van der Waals surface area contributed by atoms with Crippen molar-refractivity contribution in [3.05, 3.63) is 17.5 Å². The van der Waals surface area contributed by atoms with Crippen LogP contribution in [0.2, 0.25) is 0 Å². The molecule has 0 aromatic carbocycles. The number of nitrogens with zero attached hydrogens (tertiary/aromatic N) is 3. The Kier molecular flexibility index (Phi) is 1.80. The summed E-state index contributed by atoms with van der Waals surface area (Å²) >= 11 is 0. The highest BCUT2D eigenvalue weighted by molar-refractivity contribution is 5.23. The molecule has 0 spiro atoms. The van der Waals surface area contributed by atoms with Crippen LogP contribution in [0.4, 0.5) is 13.2 Å². The first kappa shape index (κ1) is 8.59. The maximum Gasteiger partial charge on any atom is 0.433 e. The normalized spacial score (nSPS) is 11.2. The van der Waals surface area contributed by atoms with E-state index in [4.69, 9.17) is 5.26 Å². The van der Waals surface area contributed by atoms with Crippen molar-refractivity contribution in [1.82, 2.24) is 9.78 Å². The summed E-state index contributed by atoms with van der Waals surface area (Å²) in [6, 6.07) is 2.24. The molecule has 64 valence electrons. The number of hydrogen-bond acceptors (Lipinski definition) is 2. The van der Waals surface area contributed by atoms with Crippen LogP contribution in [-0.4, -0.2) is 9.78 Å². The zero-order valence-corrected chi connectivity index (χ0v) is 6.05. The van der Waals surface area contributed by atoms with E-state index in [1.807, 2.05) is 0 Å². The highest BCUT2D eigenvalue weighted by atomic mass is 19.4. The van der Waals surface area contributed by atoms with E-state index in [1.54, 1.807) is 0 Å². The Labute approximate surface area is 66.0 Å². The lowest BCUT2D eigenvalue weighted by molar-refractivity contribution is -0.143. The van der Waals surface area contributed by atoms with Gasteiger partial charge in [0.1, 0.15) is 11.8 Å². The van der Waals surface area contributed by atoms with E-state index in [0.717, 1.165) is 7.05 Å². The molecule has 0 fully saturated rings. The number of alkyl halides is 3. The van der Waals surface area contributed by atoms with E-state index in [-0.39, 0.29) is 5.69 Å². The minimum absolute atomic E-state index is 0.232. The lowest BCUT2D eigenvalue weighted by Crippen LogP contribution is -2.11. The molecule has 1 rings (SSSR count). The first-order valence-electron chi connectivity index (χ1n) is 2.96. The summed E-state index contributed by atoms with van der Waals surface area (Å²) in [5.74, 6) is 0. The van der Waals surface area contributed by atoms with Gasteiger partial charge in [-0.25, -0.2) is 0 Å². The Bertz CT molecular complexity index is 331. The largest absolute Gasteiger partial charge is 0.433 e. The van der Waals surface area contributed by atoms with Crippen molar-refractivity contribution in [3.8, 4) is 6.07 Å². The monoisotopic (exact) mass is 175 g/mol. The van der Waals surface area contributed by atoms with Crippen molar-refractivity contribution in [1.29, 1.82) is 5.26 Å². The van der Waals surface area contributed by atoms with Crippen LogP contribution in [0, 0.1) is 11.3 Å². The smallest absolute Gasteiger partial charge is 0.262 e. The van der Waals surface area contributed by atoms with Gasteiger partial charge >= 0.3 is 6.18 Å². The van der Waals surface area contributed by atoms with Gasteiger partial charge in [0.2, 0.25) is 0 Å². The molecule has 1 aromatic rings. The highest BCUT2D eigenvalue weighted by Crippen LogP contribution is 2.28. The van der Waals surface area contributed by atoms with E-state index >= 15 is 0 Å². The maximum atomic E-state index is 12.0. The van der Waals surface area contributed by atoms with Gasteiger partial charge in [-0.05, 0) is 0 Å². The molecule has 0 aliphatic heterocycles. The molecule has 1 heterocycles. The maximum absolute atomic E-state index is 12.0. The van der Waals surface area contributed by atoms with Crippen LogP contribution in [0.3, 0.4) is 0 Å². The van der Waals surface area contributed by atoms with Crippen LogP contribution in [0.5, 0.6) is 0 Å². The Morgan fingerprint density at radius 2 is 2.17 bits per heavy atom. The molecule has 0 radical (unpaired) electrons. The summed E-state index contributed by atoms with van der Waals surface area (Å²) in [5.41, 5.74) is -1.15. The number of aromatic nitrogens is 2. The van der Waals surface area contributed by atoms with Crippen molar-refractivity contribution in [2.75, 3.05) is 0 Å². The number of rotatable bonds is 0. The zero-order chi connectivity index (χ0) is 9.35. The molecule has 0 atom stereocenters. The molecule has 0 bridgehead atoms. The van der Waals surface area contributed by atoms with Crippen LogP contribution in [0.25, 0.3) is 0 Å². The quantitative estimate of drug-likeness (QED) is 0.596. The summed E-state index contributed by atoms with van der Waals surface area (Å²) in [7, 11) is 1.14. The predicted molar refractivity (Wildman–Crippen MR) is 32.9 cm³/mol. The lowest BCUT2D eigenvalue weighted by Gasteiger charge is -2.04. The Morgan fingerprint density at radius 3 is 2.42 bits per heavy atom. The molecule has 0 aliphatic carbocycles. The van der Waals surface area contributed by atoms with Crippen LogP contribution in [-0.2, 0) is 13.2 Å². The summed E-state index contributed by atoms with van der Waals surface area (Å²) < 4.78 is 36.7. The van der Waals surface area contributed by atoms with E-state index < -0.39 is 11.9 Å². The highest BCUT2D eigenvalue weighted by Gasteiger charge is 2.34. The average molecular weight is 175 g/mol. The number of halogens is 3. The first-order valence-corrected chi connectivity index (χ1v) is 2.96. The topological polar surface area (TPSA) is 41.6 Å². The minimum Gasteiger partial charge on any atom is -0.262 e. The van der Waals surface area contributed by atoms with Gasteiger partial charge in [-0.3, -0.25) is 4.68 Å². The molecule has 0 saturated heterocycles. The Balaban J connectivity index is 3.19. The molecular formula is C6H4F3N3. The van der Waals surface area contributed by atoms with Crippen molar-refractivity contribution >= 4 is 0 Å². The van der Waals surface area contributed by atoms with Gasteiger partial charge in [0.25, 0.3) is 0 Å². The number of aryl methyl sites for hydroxylation is 1. The van der Waals surface area contributed by atoms with Crippen LogP contribution in [0.1, 0.15) is 11.4 Å². The van der Waals surface area contributed by atoms with E-state index in [0.29, 0.717) is 10.7 Å². The van der Waals surface area contributed by atoms with Crippen molar-refractivity contribution < 1.29 is 13.2 Å². The van der Waals surface area contributed by atoms with Crippen LogP contribution < -0.4 is 0 Å². The van der Waals surface area contributed by atoms with Gasteiger partial charge in [0.05, 0.1) is 0 Å². The molecule has 0 amide bonds. The second-order valence-corrected chi connectivity index (χ2v) is 2.15. The SMILES string of the molecule is Cn1nc(C#N)cc1C(F)(F)F. The summed E-state index contributed by atoms with van der Waals surface area (Å²) in [5, 5.41) is 11.6. The standard InChI is InChI=1S/C6H4F3N3/c1-12-5(6(7,8)9)2-4(3-10)11-12/h2H,1H3. The Hall–Kier alpha value is -1.51. The van der Waals surface area contributed by atoms with Gasteiger partial charge < -0.3 is 0 Å². The molecule has 0 saturated carbocycles. The summed E-state index contributed by atoms with van der Waals surface area (Å²) in [6.45, 7) is 0. The average Bonchev–Trinajstić information content (AvgIpc) is 2.29. The third-order valence-electron chi connectivity index (χ3n) is 1.28. The van der Waals surface area contributed by atoms with E-state index in [2.05, 4.69) is 5.10 Å². The molecule has 1 aromatic heterocycles. The second-order valence-electron chi connectivity index (χ2n) is 2.15. The second kappa shape index (κ2) is 2.52. The fourth-order valence-corrected chi connectivity index (χ4v) is 0.787. The molecule has 3 nitrogen and oxygen atoms in total. The van der Waals surface area contributed by atoms with E-state index in [1.165, 1.54) is 6.07 Å². The predicted octanol–water partition coefficient (Wildman–Crippen LogP) is 1.31. The minimum atomic E-state index is -4.45. The third-order valence-corrected chi connectivity index (χ3v) is 1.28. The van der Waals surface area contributed by atoms with Crippen LogP contribution >= 0.6 is 0 Å². The molecule has 0 unspecified atom stereocenters. The van der Waals surface area contributed by atoms with Crippen molar-refractivity contribution in [3.63, 3.8) is 0 Å². The fraction of sp³-hybridized carbons (Fsp3) is 0.333. The van der Waals surface area contributed by atoms with Gasteiger partial charge in [-0.1, -0.05) is 0 Å². The van der Waals surface area contributed by atoms with Gasteiger partial charge in [0, 0.05) is 13.1 Å². The zero-order valence-electron chi connectivity index (χ0n) is 6.05. The fourth-order valence-electron chi connectivity index (χ4n) is 0.787. The Morgan fingerprint density at radius 1 is 1.58 bits per heavy atom. The summed E-state index contributed by atoms with van der Waals surface area (Å²) in [4.78, 5) is 0. The molecular weight excluding hydrogens is 171 g/mol. The van der Waals surface area contributed by atoms with Crippen molar-refractivity contribution in [2.45, 2.75) is 6.18 Å². The van der Waals surface area contributed by atoms with E-state index in [9.17, 15) is 13.2 Å². The van der Waals surface area contributed by atoms with Gasteiger partial charge in [0.15, 0.2) is 5.69 Å². The summed E-state index contributed by atoms with van der Waals surface area (Å²) in [6.07, 6.45) is -4.45. The molecule has 0 aliphatic rings. The number of hydrogen-bond donors (Lipinski definition) is 0. The van der Waals surface area contributed by atoms with Gasteiger partial charge in [-0.2, -0.15) is 23.5 Å². The molecule has 0 N–H and O–H groups in total. The van der Waals surface area contributed by atoms with Crippen molar-refractivity contribution in [2.24, 2.45) is 7.05 Å².